The Labute approximate surface area is 91.2 Å². The fraction of sp³-hybridized carbons (Fsp3) is 0.222. The fourth-order valence-corrected chi connectivity index (χ4v) is 1.52. The second-order valence-corrected chi connectivity index (χ2v) is 3.50. The van der Waals surface area contributed by atoms with Gasteiger partial charge < -0.3 is 9.84 Å². The van der Waals surface area contributed by atoms with E-state index in [9.17, 15) is 9.90 Å². The third-order valence-corrected chi connectivity index (χ3v) is 2.06. The summed E-state index contributed by atoms with van der Waals surface area (Å²) in [4.78, 5) is 11.0. The number of carbonyl (C=O) groups excluding carboxylic acids is 1. The van der Waals surface area contributed by atoms with Gasteiger partial charge in [-0.05, 0) is 23.8 Å². The molecule has 3 nitrogen and oxygen atoms in total. The van der Waals surface area contributed by atoms with Crippen molar-refractivity contribution in [3.05, 3.63) is 33.8 Å². The summed E-state index contributed by atoms with van der Waals surface area (Å²) in [5.74, 6) is -0.747. The number of methoxy groups -OCH3 is 1. The lowest BCUT2D eigenvalue weighted by Gasteiger charge is -2.09. The molecule has 0 aliphatic carbocycles. The van der Waals surface area contributed by atoms with Gasteiger partial charge in [0.15, 0.2) is 6.10 Å². The van der Waals surface area contributed by atoms with Gasteiger partial charge in [0.05, 0.1) is 7.11 Å². The van der Waals surface area contributed by atoms with Gasteiger partial charge in [0, 0.05) is 10.0 Å². The van der Waals surface area contributed by atoms with Crippen LogP contribution in [0.1, 0.15) is 11.7 Å². The lowest BCUT2D eigenvalue weighted by atomic mass is 10.1. The molecule has 5 heteroatoms. The molecule has 0 heterocycles. The van der Waals surface area contributed by atoms with Crippen molar-refractivity contribution in [2.75, 3.05) is 7.11 Å². The number of benzene rings is 1. The minimum absolute atomic E-state index is 0.314. The van der Waals surface area contributed by atoms with Crippen molar-refractivity contribution in [3.8, 4) is 0 Å². The molecule has 76 valence electrons. The largest absolute Gasteiger partial charge is 0.467 e. The van der Waals surface area contributed by atoms with Gasteiger partial charge in [-0.1, -0.05) is 23.2 Å². The number of hydrogen-bond acceptors (Lipinski definition) is 3. The highest BCUT2D eigenvalue weighted by Gasteiger charge is 2.18. The first-order valence-electron chi connectivity index (χ1n) is 3.76. The average molecular weight is 235 g/mol. The number of hydrogen-bond donors (Lipinski definition) is 1. The zero-order chi connectivity index (χ0) is 10.7. The predicted octanol–water partition coefficient (Wildman–Crippen LogP) is 2.20. The van der Waals surface area contributed by atoms with Crippen molar-refractivity contribution >= 4 is 29.2 Å². The van der Waals surface area contributed by atoms with E-state index in [0.29, 0.717) is 15.6 Å². The number of aliphatic hydroxyl groups is 1. The van der Waals surface area contributed by atoms with E-state index in [2.05, 4.69) is 4.74 Å². The number of carbonyl (C=O) groups is 1. The molecule has 1 atom stereocenters. The summed E-state index contributed by atoms with van der Waals surface area (Å²) in [6.07, 6.45) is -1.35. The van der Waals surface area contributed by atoms with Gasteiger partial charge in [0.25, 0.3) is 0 Å². The number of halogens is 2. The Balaban J connectivity index is 3.00. The van der Waals surface area contributed by atoms with E-state index in [4.69, 9.17) is 23.2 Å². The van der Waals surface area contributed by atoms with Crippen molar-refractivity contribution in [2.24, 2.45) is 0 Å². The Bertz CT molecular complexity index is 332. The molecule has 14 heavy (non-hydrogen) atoms. The molecule has 0 amide bonds. The van der Waals surface area contributed by atoms with Crippen LogP contribution in [-0.2, 0) is 9.53 Å². The molecule has 0 aromatic heterocycles. The summed E-state index contributed by atoms with van der Waals surface area (Å²) in [6.45, 7) is 0. The number of esters is 1. The highest BCUT2D eigenvalue weighted by Crippen LogP contribution is 2.23. The van der Waals surface area contributed by atoms with Gasteiger partial charge >= 0.3 is 5.97 Å². The maximum absolute atomic E-state index is 11.0. The molecule has 0 spiro atoms. The molecule has 1 aromatic carbocycles. The predicted molar refractivity (Wildman–Crippen MR) is 53.4 cm³/mol. The first-order chi connectivity index (χ1) is 6.54. The zero-order valence-corrected chi connectivity index (χ0v) is 8.84. The summed E-state index contributed by atoms with van der Waals surface area (Å²) >= 11 is 11.4. The topological polar surface area (TPSA) is 46.5 Å². The molecule has 1 rings (SSSR count). The molecule has 0 saturated heterocycles. The van der Waals surface area contributed by atoms with Crippen molar-refractivity contribution in [2.45, 2.75) is 6.10 Å². The third-order valence-electron chi connectivity index (χ3n) is 1.63. The van der Waals surface area contributed by atoms with Crippen LogP contribution in [0.2, 0.25) is 10.0 Å². The van der Waals surface area contributed by atoms with E-state index in [1.54, 1.807) is 0 Å². The monoisotopic (exact) mass is 234 g/mol. The standard InChI is InChI=1S/C9H8Cl2O3/c1-14-9(13)8(12)5-2-6(10)4-7(11)3-5/h2-4,8,12H,1H3/t8-/m0/s1. The Morgan fingerprint density at radius 3 is 2.29 bits per heavy atom. The molecular weight excluding hydrogens is 227 g/mol. The van der Waals surface area contributed by atoms with Crippen LogP contribution in [0.25, 0.3) is 0 Å². The maximum atomic E-state index is 11.0. The van der Waals surface area contributed by atoms with Gasteiger partial charge in [-0.3, -0.25) is 0 Å². The molecule has 0 radical (unpaired) electrons. The van der Waals surface area contributed by atoms with Crippen LogP contribution >= 0.6 is 23.2 Å². The second-order valence-electron chi connectivity index (χ2n) is 2.63. The number of rotatable bonds is 2. The Morgan fingerprint density at radius 1 is 1.36 bits per heavy atom. The van der Waals surface area contributed by atoms with Crippen molar-refractivity contribution in [3.63, 3.8) is 0 Å². The molecule has 1 N–H and O–H groups in total. The summed E-state index contributed by atoms with van der Waals surface area (Å²) in [7, 11) is 1.19. The molecule has 0 fully saturated rings. The fourth-order valence-electron chi connectivity index (χ4n) is 0.981. The lowest BCUT2D eigenvalue weighted by molar-refractivity contribution is -0.150. The third kappa shape index (κ3) is 2.61. The SMILES string of the molecule is COC(=O)[C@@H](O)c1cc(Cl)cc(Cl)c1. The van der Waals surface area contributed by atoms with Crippen LogP contribution in [-0.4, -0.2) is 18.2 Å². The first kappa shape index (κ1) is 11.3. The van der Waals surface area contributed by atoms with Gasteiger partial charge in [0.2, 0.25) is 0 Å². The summed E-state index contributed by atoms with van der Waals surface area (Å²) < 4.78 is 4.37. The highest BCUT2D eigenvalue weighted by molar-refractivity contribution is 6.34. The Morgan fingerprint density at radius 2 is 1.86 bits per heavy atom. The lowest BCUT2D eigenvalue weighted by Crippen LogP contribution is -2.13. The van der Waals surface area contributed by atoms with Crippen LogP contribution in [0.3, 0.4) is 0 Å². The van der Waals surface area contributed by atoms with Gasteiger partial charge in [-0.2, -0.15) is 0 Å². The quantitative estimate of drug-likeness (QED) is 0.799. The minimum Gasteiger partial charge on any atom is -0.467 e. The van der Waals surface area contributed by atoms with Crippen LogP contribution in [0.4, 0.5) is 0 Å². The zero-order valence-electron chi connectivity index (χ0n) is 7.33. The van der Waals surface area contributed by atoms with Crippen LogP contribution < -0.4 is 0 Å². The van der Waals surface area contributed by atoms with Gasteiger partial charge in [-0.15, -0.1) is 0 Å². The molecule has 0 saturated carbocycles. The highest BCUT2D eigenvalue weighted by atomic mass is 35.5. The first-order valence-corrected chi connectivity index (χ1v) is 4.52. The van der Waals surface area contributed by atoms with Gasteiger partial charge in [-0.25, -0.2) is 4.79 Å². The number of ether oxygens (including phenoxy) is 1. The Hall–Kier alpha value is -0.770. The van der Waals surface area contributed by atoms with Crippen LogP contribution in [0.15, 0.2) is 18.2 Å². The van der Waals surface area contributed by atoms with Crippen molar-refractivity contribution in [1.82, 2.24) is 0 Å². The molecule has 0 aliphatic heterocycles. The van der Waals surface area contributed by atoms with Crippen LogP contribution in [0.5, 0.6) is 0 Å². The van der Waals surface area contributed by atoms with Gasteiger partial charge in [0.1, 0.15) is 0 Å². The van der Waals surface area contributed by atoms with E-state index < -0.39 is 12.1 Å². The van der Waals surface area contributed by atoms with E-state index >= 15 is 0 Å². The van der Waals surface area contributed by atoms with Crippen molar-refractivity contribution in [1.29, 1.82) is 0 Å². The molecule has 0 aliphatic rings. The van der Waals surface area contributed by atoms with E-state index in [-0.39, 0.29) is 0 Å². The van der Waals surface area contributed by atoms with Crippen molar-refractivity contribution < 1.29 is 14.6 Å². The molecule has 0 unspecified atom stereocenters. The normalized spacial score (nSPS) is 12.3. The second kappa shape index (κ2) is 4.64. The molecule has 0 bridgehead atoms. The van der Waals surface area contributed by atoms with E-state index in [1.807, 2.05) is 0 Å². The van der Waals surface area contributed by atoms with Crippen LogP contribution in [0, 0.1) is 0 Å². The molecular formula is C9H8Cl2O3. The smallest absolute Gasteiger partial charge is 0.339 e. The maximum Gasteiger partial charge on any atom is 0.339 e. The molecule has 1 aromatic rings. The summed E-state index contributed by atoms with van der Waals surface area (Å²) in [5.41, 5.74) is 0.314. The van der Waals surface area contributed by atoms with E-state index in [0.717, 1.165) is 0 Å². The average Bonchev–Trinajstić information content (AvgIpc) is 2.14. The Kier molecular flexibility index (Phi) is 3.75. The minimum atomic E-state index is -1.35. The number of aliphatic hydroxyl groups excluding tert-OH is 1. The summed E-state index contributed by atoms with van der Waals surface area (Å²) in [5, 5.41) is 10.2. The summed E-state index contributed by atoms with van der Waals surface area (Å²) in [6, 6.07) is 4.42. The van der Waals surface area contributed by atoms with E-state index in [1.165, 1.54) is 25.3 Å².